The predicted molar refractivity (Wildman–Crippen MR) is 175 cm³/mol. The van der Waals surface area contributed by atoms with Crippen molar-refractivity contribution in [2.75, 3.05) is 40.3 Å². The monoisotopic (exact) mass is 645 g/mol. The van der Waals surface area contributed by atoms with Crippen molar-refractivity contribution in [3.63, 3.8) is 0 Å². The van der Waals surface area contributed by atoms with Crippen LogP contribution in [0.2, 0.25) is 0 Å². The van der Waals surface area contributed by atoms with Gasteiger partial charge in [-0.15, -0.1) is 0 Å². The number of pyridine rings is 2. The highest BCUT2D eigenvalue weighted by molar-refractivity contribution is 5.90. The van der Waals surface area contributed by atoms with Crippen molar-refractivity contribution >= 4 is 28.9 Å². The van der Waals surface area contributed by atoms with E-state index < -0.39 is 17.5 Å². The van der Waals surface area contributed by atoms with Crippen molar-refractivity contribution in [1.29, 1.82) is 0 Å². The largest absolute Gasteiger partial charge is 0.457 e. The zero-order chi connectivity index (χ0) is 33.3. The number of hydrogen-bond acceptors (Lipinski definition) is 10. The van der Waals surface area contributed by atoms with Crippen molar-refractivity contribution in [1.82, 2.24) is 24.7 Å². The number of rotatable bonds is 10. The second-order valence-electron chi connectivity index (χ2n) is 12.8. The molecule has 12 nitrogen and oxygen atoms in total. The third-order valence-electron chi connectivity index (χ3n) is 9.30. The van der Waals surface area contributed by atoms with Crippen LogP contribution in [0.3, 0.4) is 0 Å². The molecule has 250 valence electrons. The third-order valence-corrected chi connectivity index (χ3v) is 9.30. The number of nitrogens with one attached hydrogen (secondary N) is 1. The molecule has 1 fully saturated rings. The van der Waals surface area contributed by atoms with Crippen LogP contribution in [0.5, 0.6) is 5.75 Å². The lowest BCUT2D eigenvalue weighted by atomic mass is 9.85. The number of amides is 1. The number of ether oxygens (including phenoxy) is 3. The van der Waals surface area contributed by atoms with Gasteiger partial charge < -0.3 is 33.9 Å². The van der Waals surface area contributed by atoms with Crippen LogP contribution in [-0.4, -0.2) is 77.7 Å². The van der Waals surface area contributed by atoms with E-state index in [2.05, 4.69) is 12.2 Å². The van der Waals surface area contributed by atoms with E-state index in [0.717, 1.165) is 48.9 Å². The van der Waals surface area contributed by atoms with Crippen LogP contribution in [0, 0.1) is 0 Å². The first kappa shape index (κ1) is 32.6. The predicted octanol–water partition coefficient (Wildman–Crippen LogP) is 4.07. The summed E-state index contributed by atoms with van der Waals surface area (Å²) in [6.45, 7) is 7.04. The summed E-state index contributed by atoms with van der Waals surface area (Å²) in [5.74, 6) is -0.682. The number of carbonyl (C=O) groups is 3. The molecule has 12 heteroatoms. The number of esters is 2. The van der Waals surface area contributed by atoms with E-state index in [1.54, 1.807) is 28.5 Å². The second-order valence-corrected chi connectivity index (χ2v) is 12.8. The van der Waals surface area contributed by atoms with Crippen LogP contribution >= 0.6 is 0 Å². The van der Waals surface area contributed by atoms with E-state index in [1.807, 2.05) is 31.1 Å². The number of unbranched alkanes of at least 4 members (excludes halogenated alkanes) is 3. The molecule has 6 rings (SSSR count). The Morgan fingerprint density at radius 2 is 1.87 bits per heavy atom. The van der Waals surface area contributed by atoms with Crippen molar-refractivity contribution in [2.45, 2.75) is 77.7 Å². The molecular weight excluding hydrogens is 602 g/mol. The number of benzene rings is 1. The Bertz CT molecular complexity index is 1780. The van der Waals surface area contributed by atoms with Crippen molar-refractivity contribution < 1.29 is 28.6 Å². The third kappa shape index (κ3) is 6.12. The molecule has 1 saturated heterocycles. The Kier molecular flexibility index (Phi) is 9.34. The van der Waals surface area contributed by atoms with Gasteiger partial charge in [-0.1, -0.05) is 33.1 Å². The summed E-state index contributed by atoms with van der Waals surface area (Å²) < 4.78 is 19.0. The molecule has 5 heterocycles. The van der Waals surface area contributed by atoms with Gasteiger partial charge in [-0.05, 0) is 51.2 Å². The second kappa shape index (κ2) is 13.4. The first-order valence-electron chi connectivity index (χ1n) is 16.6. The molecule has 47 heavy (non-hydrogen) atoms. The fourth-order valence-electron chi connectivity index (χ4n) is 6.77. The van der Waals surface area contributed by atoms with Crippen LogP contribution < -0.4 is 15.6 Å². The van der Waals surface area contributed by atoms with Crippen LogP contribution in [0.4, 0.5) is 4.79 Å². The molecule has 0 aliphatic carbocycles. The summed E-state index contributed by atoms with van der Waals surface area (Å²) in [6.07, 6.45) is 3.54. The van der Waals surface area contributed by atoms with E-state index in [1.165, 1.54) is 0 Å². The number of cyclic esters (lactones) is 1. The van der Waals surface area contributed by atoms with Gasteiger partial charge in [0.1, 0.15) is 12.4 Å². The lowest BCUT2D eigenvalue weighted by Crippen LogP contribution is -2.47. The Hall–Kier alpha value is -4.29. The molecular formula is C35H43N5O7. The summed E-state index contributed by atoms with van der Waals surface area (Å²) in [4.78, 5) is 62.0. The van der Waals surface area contributed by atoms with Gasteiger partial charge in [0.05, 0.1) is 29.0 Å². The average Bonchev–Trinajstić information content (AvgIpc) is 3.42. The minimum absolute atomic E-state index is 0.129. The summed E-state index contributed by atoms with van der Waals surface area (Å²) in [5, 5.41) is 4.07. The van der Waals surface area contributed by atoms with E-state index in [-0.39, 0.29) is 37.6 Å². The molecule has 0 unspecified atom stereocenters. The first-order chi connectivity index (χ1) is 22.7. The van der Waals surface area contributed by atoms with Gasteiger partial charge in [0, 0.05) is 61.2 Å². The SMILES string of the molecule is CCCCCCC(=O)O[C@]1(CC)C(=O)OCc2c1cc1n(c2=O)Cc2cc3c(CN(C)C)c(OC(=O)N4CCNCC4)ccc3nc2-1. The topological polar surface area (TPSA) is 132 Å². The highest BCUT2D eigenvalue weighted by Crippen LogP contribution is 2.42. The van der Waals surface area contributed by atoms with Crippen molar-refractivity contribution in [3.05, 3.63) is 56.9 Å². The normalized spacial score (nSPS) is 18.5. The molecule has 1 atom stereocenters. The molecule has 0 saturated carbocycles. The quantitative estimate of drug-likeness (QED) is 0.199. The minimum atomic E-state index is -1.70. The lowest BCUT2D eigenvalue weighted by molar-refractivity contribution is -0.189. The molecule has 3 aliphatic heterocycles. The highest BCUT2D eigenvalue weighted by atomic mass is 16.6. The van der Waals surface area contributed by atoms with Gasteiger partial charge in [0.25, 0.3) is 5.56 Å². The zero-order valence-electron chi connectivity index (χ0n) is 27.6. The molecule has 1 amide bonds. The molecule has 3 aromatic rings. The summed E-state index contributed by atoms with van der Waals surface area (Å²) in [5.41, 5.74) is 2.17. The summed E-state index contributed by atoms with van der Waals surface area (Å²) in [7, 11) is 3.89. The Balaban J connectivity index is 1.39. The van der Waals surface area contributed by atoms with Crippen LogP contribution in [-0.2, 0) is 44.4 Å². The lowest BCUT2D eigenvalue weighted by Gasteiger charge is -2.35. The van der Waals surface area contributed by atoms with E-state index in [4.69, 9.17) is 19.2 Å². The maximum atomic E-state index is 14.0. The standard InChI is InChI=1S/C35H43N5O7/c1-5-7-8-9-10-30(41)47-35(6-2)26-18-28-31-22(19-40(28)32(42)25(26)21-45-33(35)43)17-23-24(20-38(3)4)29(12-11-27(23)37-31)46-34(44)39-15-13-36-14-16-39/h11-12,17-18,36H,5-10,13-16,19-21H2,1-4H3/t35-/m0/s1. The van der Waals surface area contributed by atoms with Gasteiger partial charge >= 0.3 is 18.0 Å². The van der Waals surface area contributed by atoms with E-state index in [9.17, 15) is 19.2 Å². The Morgan fingerprint density at radius 3 is 2.60 bits per heavy atom. The number of nitrogens with zero attached hydrogens (tertiary/aromatic N) is 4. The van der Waals surface area contributed by atoms with Crippen molar-refractivity contribution in [3.8, 4) is 17.1 Å². The number of carbonyl (C=O) groups excluding carboxylic acids is 3. The molecule has 1 N–H and O–H groups in total. The van der Waals surface area contributed by atoms with Crippen LogP contribution in [0.25, 0.3) is 22.3 Å². The number of aromatic nitrogens is 2. The van der Waals surface area contributed by atoms with E-state index >= 15 is 0 Å². The Morgan fingerprint density at radius 1 is 1.09 bits per heavy atom. The van der Waals surface area contributed by atoms with Gasteiger partial charge in [0.2, 0.25) is 5.60 Å². The first-order valence-corrected chi connectivity index (χ1v) is 16.6. The highest BCUT2D eigenvalue weighted by Gasteiger charge is 2.50. The number of hydrogen-bond donors (Lipinski definition) is 1. The summed E-state index contributed by atoms with van der Waals surface area (Å²) in [6, 6.07) is 7.38. The van der Waals surface area contributed by atoms with Gasteiger partial charge in [-0.25, -0.2) is 14.6 Å². The molecule has 2 aromatic heterocycles. The smallest absolute Gasteiger partial charge is 0.415 e. The maximum absolute atomic E-state index is 14.0. The fraction of sp³-hybridized carbons (Fsp3) is 0.514. The van der Waals surface area contributed by atoms with Gasteiger partial charge in [0.15, 0.2) is 0 Å². The van der Waals surface area contributed by atoms with Gasteiger partial charge in [-0.3, -0.25) is 9.59 Å². The Labute approximate surface area is 274 Å². The minimum Gasteiger partial charge on any atom is -0.457 e. The van der Waals surface area contributed by atoms with Crippen LogP contribution in [0.1, 0.15) is 74.6 Å². The molecule has 1 aromatic carbocycles. The number of fused-ring (bicyclic) bond motifs is 5. The molecule has 0 spiro atoms. The molecule has 0 radical (unpaired) electrons. The summed E-state index contributed by atoms with van der Waals surface area (Å²) >= 11 is 0. The zero-order valence-corrected chi connectivity index (χ0v) is 27.6. The van der Waals surface area contributed by atoms with E-state index in [0.29, 0.717) is 59.8 Å². The fourth-order valence-corrected chi connectivity index (χ4v) is 6.77. The van der Waals surface area contributed by atoms with Gasteiger partial charge in [-0.2, -0.15) is 0 Å². The maximum Gasteiger partial charge on any atom is 0.415 e. The van der Waals surface area contributed by atoms with Crippen LogP contribution in [0.15, 0.2) is 29.1 Å². The number of piperazine rings is 1. The average molecular weight is 646 g/mol. The van der Waals surface area contributed by atoms with Crippen molar-refractivity contribution in [2.24, 2.45) is 0 Å². The molecule has 3 aliphatic rings. The molecule has 0 bridgehead atoms.